The molecule has 1 saturated heterocycles. The maximum absolute atomic E-state index is 5.78. The molecule has 220 valence electrons. The van der Waals surface area contributed by atoms with Crippen LogP contribution in [0.1, 0.15) is 85.8 Å². The quantitative estimate of drug-likeness (QED) is 0.144. The van der Waals surface area contributed by atoms with Crippen molar-refractivity contribution in [2.24, 2.45) is 5.92 Å². The summed E-state index contributed by atoms with van der Waals surface area (Å²) in [5.41, 5.74) is 9.36. The van der Waals surface area contributed by atoms with Crippen molar-refractivity contribution in [1.82, 2.24) is 9.88 Å². The van der Waals surface area contributed by atoms with Gasteiger partial charge in [0.1, 0.15) is 12.5 Å². The van der Waals surface area contributed by atoms with Gasteiger partial charge < -0.3 is 14.8 Å². The minimum Gasteiger partial charge on any atom is -0.381 e. The van der Waals surface area contributed by atoms with Gasteiger partial charge in [0, 0.05) is 32.3 Å². The van der Waals surface area contributed by atoms with Crippen LogP contribution < -0.4 is 5.32 Å². The van der Waals surface area contributed by atoms with Crippen molar-refractivity contribution in [3.8, 4) is 0 Å². The van der Waals surface area contributed by atoms with E-state index in [0.717, 1.165) is 69.9 Å². The van der Waals surface area contributed by atoms with Crippen LogP contribution in [-0.4, -0.2) is 55.6 Å². The molecule has 0 radical (unpaired) electrons. The molecule has 0 aliphatic carbocycles. The van der Waals surface area contributed by atoms with Crippen molar-refractivity contribution in [3.05, 3.63) is 76.6 Å². The molecule has 2 aliphatic heterocycles. The highest BCUT2D eigenvalue weighted by Crippen LogP contribution is 2.33. The molecule has 2 atom stereocenters. The minimum atomic E-state index is 0.466. The molecule has 0 bridgehead atoms. The molecule has 3 rings (SSSR count). The normalized spacial score (nSPS) is 21.9. The summed E-state index contributed by atoms with van der Waals surface area (Å²) in [5, 5.41) is 3.28. The molecule has 1 aromatic heterocycles. The summed E-state index contributed by atoms with van der Waals surface area (Å²) < 4.78 is 11.2. The van der Waals surface area contributed by atoms with Gasteiger partial charge >= 0.3 is 0 Å². The van der Waals surface area contributed by atoms with Gasteiger partial charge in [-0.3, -0.25) is 4.90 Å². The Morgan fingerprint density at radius 3 is 2.75 bits per heavy atom. The molecule has 2 aliphatic rings. The third kappa shape index (κ3) is 8.76. The van der Waals surface area contributed by atoms with Gasteiger partial charge in [-0.2, -0.15) is 0 Å². The zero-order valence-corrected chi connectivity index (χ0v) is 26.0. The number of nitrogens with zero attached hydrogens (tertiary/aromatic N) is 2. The van der Waals surface area contributed by atoms with Crippen LogP contribution >= 0.6 is 0 Å². The minimum absolute atomic E-state index is 0.466. The Hall–Kier alpha value is -2.47. The Kier molecular flexibility index (Phi) is 13.4. The highest BCUT2D eigenvalue weighted by Gasteiger charge is 2.31. The van der Waals surface area contributed by atoms with Crippen molar-refractivity contribution in [2.75, 3.05) is 45.0 Å². The zero-order chi connectivity index (χ0) is 28.9. The molecule has 1 N–H and O–H groups in total. The Balaban J connectivity index is 1.78. The zero-order valence-electron chi connectivity index (χ0n) is 26.0. The number of allylic oxidation sites excluding steroid dienone is 7. The van der Waals surface area contributed by atoms with Crippen LogP contribution in [0, 0.1) is 5.92 Å². The number of aromatic nitrogens is 1. The van der Waals surface area contributed by atoms with Crippen LogP contribution in [0.3, 0.4) is 0 Å². The fourth-order valence-electron chi connectivity index (χ4n) is 6.06. The van der Waals surface area contributed by atoms with Crippen LogP contribution in [0.4, 0.5) is 5.82 Å². The summed E-state index contributed by atoms with van der Waals surface area (Å²) in [6.07, 6.45) is 13.0. The Morgan fingerprint density at radius 2 is 2.08 bits per heavy atom. The van der Waals surface area contributed by atoms with E-state index in [1.165, 1.54) is 39.9 Å². The average Bonchev–Trinajstić information content (AvgIpc) is 2.99. The lowest BCUT2D eigenvalue weighted by molar-refractivity contribution is -0.0124. The smallest absolute Gasteiger partial charge is 0.128 e. The van der Waals surface area contributed by atoms with Gasteiger partial charge in [0.25, 0.3) is 0 Å². The lowest BCUT2D eigenvalue weighted by atomic mass is 9.88. The number of nitrogens with one attached hydrogen (secondary N) is 1. The lowest BCUT2D eigenvalue weighted by Gasteiger charge is -2.42. The van der Waals surface area contributed by atoms with E-state index in [1.54, 1.807) is 0 Å². The van der Waals surface area contributed by atoms with Crippen LogP contribution in [0.5, 0.6) is 0 Å². The van der Waals surface area contributed by atoms with E-state index in [2.05, 4.69) is 81.8 Å². The topological polar surface area (TPSA) is 46.6 Å². The van der Waals surface area contributed by atoms with Crippen molar-refractivity contribution in [2.45, 2.75) is 86.1 Å². The molecule has 0 saturated carbocycles. The number of rotatable bonds is 14. The van der Waals surface area contributed by atoms with E-state index in [9.17, 15) is 0 Å². The number of anilines is 1. The Morgan fingerprint density at radius 1 is 1.25 bits per heavy atom. The first-order valence-corrected chi connectivity index (χ1v) is 15.4. The standard InChI is InChI=1S/C35H53N3O2/c1-8-26(6)32(31(11-4)33-14-13-15-35(37-33)36-25-39-12-5)17-16-28(9-2)22-30-18-20-38(23-27(30)7)34-19-21-40-24-29(34)10-3/h8-9,13-15,22,29,34H,2,10-12,16-21,23-25H2,1,3-7H3,(H,36,37)/b26-8-,28-22+,32-31+. The molecule has 0 aromatic carbocycles. The van der Waals surface area contributed by atoms with Crippen LogP contribution in [0.2, 0.25) is 0 Å². The van der Waals surface area contributed by atoms with Gasteiger partial charge in [-0.05, 0) is 107 Å². The maximum atomic E-state index is 5.78. The number of hydrogen-bond acceptors (Lipinski definition) is 5. The van der Waals surface area contributed by atoms with Crippen molar-refractivity contribution >= 4 is 11.4 Å². The first-order chi connectivity index (χ1) is 19.4. The fraction of sp³-hybridized carbons (Fsp3) is 0.571. The highest BCUT2D eigenvalue weighted by atomic mass is 16.5. The second-order valence-corrected chi connectivity index (χ2v) is 11.1. The van der Waals surface area contributed by atoms with Gasteiger partial charge in [-0.15, -0.1) is 0 Å². The van der Waals surface area contributed by atoms with E-state index < -0.39 is 0 Å². The van der Waals surface area contributed by atoms with Crippen molar-refractivity contribution in [3.63, 3.8) is 0 Å². The summed E-state index contributed by atoms with van der Waals surface area (Å²) in [6.45, 7) is 22.6. The van der Waals surface area contributed by atoms with Gasteiger partial charge in [0.05, 0.1) is 12.3 Å². The summed E-state index contributed by atoms with van der Waals surface area (Å²) in [4.78, 5) is 7.64. The van der Waals surface area contributed by atoms with Gasteiger partial charge in [-0.1, -0.05) is 55.9 Å². The molecule has 40 heavy (non-hydrogen) atoms. The average molecular weight is 548 g/mol. The van der Waals surface area contributed by atoms with E-state index in [1.807, 2.05) is 13.0 Å². The van der Waals surface area contributed by atoms with E-state index in [4.69, 9.17) is 14.5 Å². The number of ether oxygens (including phenoxy) is 2. The van der Waals surface area contributed by atoms with Crippen molar-refractivity contribution < 1.29 is 9.47 Å². The van der Waals surface area contributed by atoms with E-state index in [-0.39, 0.29) is 0 Å². The summed E-state index contributed by atoms with van der Waals surface area (Å²) in [7, 11) is 0. The number of pyridine rings is 1. The molecule has 0 amide bonds. The van der Waals surface area contributed by atoms with Crippen LogP contribution in [-0.2, 0) is 9.47 Å². The third-order valence-corrected chi connectivity index (χ3v) is 8.61. The predicted octanol–water partition coefficient (Wildman–Crippen LogP) is 8.35. The van der Waals surface area contributed by atoms with Gasteiger partial charge in [-0.25, -0.2) is 4.98 Å². The molecule has 1 aromatic rings. The largest absolute Gasteiger partial charge is 0.381 e. The molecule has 2 unspecified atom stereocenters. The van der Waals surface area contributed by atoms with Gasteiger partial charge in [0.2, 0.25) is 0 Å². The molecule has 0 spiro atoms. The summed E-state index contributed by atoms with van der Waals surface area (Å²) in [5.74, 6) is 1.51. The highest BCUT2D eigenvalue weighted by molar-refractivity contribution is 5.71. The molecule has 5 nitrogen and oxygen atoms in total. The number of hydrogen-bond donors (Lipinski definition) is 1. The fourth-order valence-corrected chi connectivity index (χ4v) is 6.06. The predicted molar refractivity (Wildman–Crippen MR) is 170 cm³/mol. The molecule has 1 fully saturated rings. The van der Waals surface area contributed by atoms with E-state index >= 15 is 0 Å². The monoisotopic (exact) mass is 547 g/mol. The molecule has 5 heteroatoms. The summed E-state index contributed by atoms with van der Waals surface area (Å²) in [6, 6.07) is 6.86. The second kappa shape index (κ2) is 16.7. The SMILES string of the molecule is C=C/C(=C\C1=C(C)CN(C2CCOCC2CC)CC1)CCC(/C(C)=C\C)=C(/CC)c1cccc(NCOCC)n1. The van der Waals surface area contributed by atoms with Crippen molar-refractivity contribution in [1.29, 1.82) is 0 Å². The van der Waals surface area contributed by atoms with E-state index in [0.29, 0.717) is 25.3 Å². The molecule has 3 heterocycles. The maximum Gasteiger partial charge on any atom is 0.128 e. The first-order valence-electron chi connectivity index (χ1n) is 15.4. The van der Waals surface area contributed by atoms with Gasteiger partial charge in [0.15, 0.2) is 0 Å². The summed E-state index contributed by atoms with van der Waals surface area (Å²) >= 11 is 0. The Bertz CT molecular complexity index is 1100. The second-order valence-electron chi connectivity index (χ2n) is 11.1. The molecular formula is C35H53N3O2. The first kappa shape index (κ1) is 32.0. The third-order valence-electron chi connectivity index (χ3n) is 8.61. The lowest BCUT2D eigenvalue weighted by Crippen LogP contribution is -2.48. The Labute approximate surface area is 244 Å². The van der Waals surface area contributed by atoms with Crippen LogP contribution in [0.25, 0.3) is 5.57 Å². The van der Waals surface area contributed by atoms with Crippen LogP contribution in [0.15, 0.2) is 70.9 Å². The molecular weight excluding hydrogens is 494 g/mol.